The van der Waals surface area contributed by atoms with Gasteiger partial charge in [0.1, 0.15) is 0 Å². The third kappa shape index (κ3) is 2.74. The van der Waals surface area contributed by atoms with E-state index in [0.717, 1.165) is 26.2 Å². The summed E-state index contributed by atoms with van der Waals surface area (Å²) in [6.45, 7) is 4.00. The van der Waals surface area contributed by atoms with E-state index in [2.05, 4.69) is 17.3 Å². The highest BCUT2D eigenvalue weighted by Crippen LogP contribution is 2.20. The van der Waals surface area contributed by atoms with Gasteiger partial charge in [0.2, 0.25) is 0 Å². The third-order valence-electron chi connectivity index (χ3n) is 3.91. The van der Waals surface area contributed by atoms with Gasteiger partial charge in [-0.3, -0.25) is 4.90 Å². The molecule has 2 rings (SSSR count). The molecule has 3 unspecified atom stereocenters. The highest BCUT2D eigenvalue weighted by molar-refractivity contribution is 4.89. The van der Waals surface area contributed by atoms with Crippen molar-refractivity contribution in [3.63, 3.8) is 0 Å². The molecular formula is C12H24N2O2. The van der Waals surface area contributed by atoms with Gasteiger partial charge in [-0.15, -0.1) is 0 Å². The molecule has 3 atom stereocenters. The second-order valence-electron chi connectivity index (χ2n) is 4.82. The number of piperidine rings is 1. The van der Waals surface area contributed by atoms with E-state index in [1.165, 1.54) is 19.4 Å². The van der Waals surface area contributed by atoms with Crippen LogP contribution in [-0.4, -0.2) is 63.5 Å². The van der Waals surface area contributed by atoms with Gasteiger partial charge in [-0.2, -0.15) is 0 Å². The summed E-state index contributed by atoms with van der Waals surface area (Å²) in [5, 5.41) is 3.42. The minimum absolute atomic E-state index is 0.410. The van der Waals surface area contributed by atoms with Crippen LogP contribution in [0.1, 0.15) is 19.3 Å². The molecule has 2 heterocycles. The molecule has 0 aromatic rings. The van der Waals surface area contributed by atoms with Crippen LogP contribution in [0.4, 0.5) is 0 Å². The first kappa shape index (κ1) is 12.3. The Morgan fingerprint density at radius 2 is 2.25 bits per heavy atom. The Morgan fingerprint density at radius 1 is 1.38 bits per heavy atom. The zero-order chi connectivity index (χ0) is 11.4. The van der Waals surface area contributed by atoms with Crippen molar-refractivity contribution in [1.82, 2.24) is 10.2 Å². The predicted octanol–water partition coefficient (Wildman–Crippen LogP) is 0.474. The zero-order valence-corrected chi connectivity index (χ0v) is 10.4. The van der Waals surface area contributed by atoms with Crippen LogP contribution >= 0.6 is 0 Å². The summed E-state index contributed by atoms with van der Waals surface area (Å²) in [6.07, 6.45) is 3.97. The fourth-order valence-electron chi connectivity index (χ4n) is 2.88. The summed E-state index contributed by atoms with van der Waals surface area (Å²) in [5.41, 5.74) is 0. The molecule has 0 saturated carbocycles. The van der Waals surface area contributed by atoms with Crippen molar-refractivity contribution >= 4 is 0 Å². The monoisotopic (exact) mass is 228 g/mol. The molecule has 0 amide bonds. The fraction of sp³-hybridized carbons (Fsp3) is 1.00. The first-order chi connectivity index (χ1) is 7.85. The molecule has 0 spiro atoms. The zero-order valence-electron chi connectivity index (χ0n) is 10.4. The van der Waals surface area contributed by atoms with Gasteiger partial charge in [0.25, 0.3) is 0 Å². The topological polar surface area (TPSA) is 33.7 Å². The maximum atomic E-state index is 5.61. The molecule has 94 valence electrons. The molecule has 0 bridgehead atoms. The summed E-state index contributed by atoms with van der Waals surface area (Å²) >= 11 is 0. The average molecular weight is 228 g/mol. The number of methoxy groups -OCH3 is 1. The van der Waals surface area contributed by atoms with E-state index in [9.17, 15) is 0 Å². The highest BCUT2D eigenvalue weighted by atomic mass is 16.5. The lowest BCUT2D eigenvalue weighted by Crippen LogP contribution is -2.57. The Morgan fingerprint density at radius 3 is 3.00 bits per heavy atom. The number of ether oxygens (including phenoxy) is 2. The summed E-state index contributed by atoms with van der Waals surface area (Å²) in [6, 6.07) is 1.10. The van der Waals surface area contributed by atoms with Gasteiger partial charge in [-0.1, -0.05) is 0 Å². The summed E-state index contributed by atoms with van der Waals surface area (Å²) in [7, 11) is 3.88. The van der Waals surface area contributed by atoms with E-state index in [1.807, 2.05) is 7.11 Å². The van der Waals surface area contributed by atoms with E-state index >= 15 is 0 Å². The standard InChI is InChI=1S/C12H24N2O2/c1-13-11-5-7-16-9-12(11)14-6-3-4-10(8-14)15-2/h10-13H,3-9H2,1-2H3. The Labute approximate surface area is 98.3 Å². The number of nitrogens with one attached hydrogen (secondary N) is 1. The van der Waals surface area contributed by atoms with Crippen molar-refractivity contribution in [2.75, 3.05) is 40.5 Å². The minimum Gasteiger partial charge on any atom is -0.380 e. The van der Waals surface area contributed by atoms with Crippen LogP contribution < -0.4 is 5.32 Å². The van der Waals surface area contributed by atoms with Crippen molar-refractivity contribution < 1.29 is 9.47 Å². The van der Waals surface area contributed by atoms with Gasteiger partial charge in [0.15, 0.2) is 0 Å². The molecule has 0 aliphatic carbocycles. The van der Waals surface area contributed by atoms with Crippen LogP contribution in [0.15, 0.2) is 0 Å². The van der Waals surface area contributed by atoms with Gasteiger partial charge < -0.3 is 14.8 Å². The van der Waals surface area contributed by atoms with Crippen molar-refractivity contribution in [2.45, 2.75) is 37.5 Å². The van der Waals surface area contributed by atoms with Gasteiger partial charge in [-0.05, 0) is 32.9 Å². The van der Waals surface area contributed by atoms with E-state index in [0.29, 0.717) is 18.2 Å². The molecule has 0 aromatic heterocycles. The SMILES string of the molecule is CNC1CCOCC1N1CCCC(OC)C1. The average Bonchev–Trinajstić information content (AvgIpc) is 2.38. The lowest BCUT2D eigenvalue weighted by molar-refractivity contribution is -0.0412. The minimum atomic E-state index is 0.410. The van der Waals surface area contributed by atoms with Gasteiger partial charge in [0, 0.05) is 32.3 Å². The third-order valence-corrected chi connectivity index (χ3v) is 3.91. The highest BCUT2D eigenvalue weighted by Gasteiger charge is 2.32. The summed E-state index contributed by atoms with van der Waals surface area (Å²) in [4.78, 5) is 2.54. The molecule has 2 aliphatic rings. The van der Waals surface area contributed by atoms with Crippen molar-refractivity contribution in [1.29, 1.82) is 0 Å². The van der Waals surface area contributed by atoms with E-state index < -0.39 is 0 Å². The number of likely N-dealkylation sites (tertiary alicyclic amines) is 1. The number of rotatable bonds is 3. The lowest BCUT2D eigenvalue weighted by atomic mass is 9.98. The van der Waals surface area contributed by atoms with Crippen molar-refractivity contribution in [3.8, 4) is 0 Å². The molecular weight excluding hydrogens is 204 g/mol. The summed E-state index contributed by atoms with van der Waals surface area (Å²) in [5.74, 6) is 0. The molecule has 4 heteroatoms. The lowest BCUT2D eigenvalue weighted by Gasteiger charge is -2.43. The van der Waals surface area contributed by atoms with E-state index in [4.69, 9.17) is 9.47 Å². The molecule has 0 radical (unpaired) electrons. The number of likely N-dealkylation sites (N-methyl/N-ethyl adjacent to an activating group) is 1. The van der Waals surface area contributed by atoms with Gasteiger partial charge in [-0.25, -0.2) is 0 Å². The first-order valence-corrected chi connectivity index (χ1v) is 6.37. The molecule has 0 aromatic carbocycles. The summed E-state index contributed by atoms with van der Waals surface area (Å²) < 4.78 is 11.1. The van der Waals surface area contributed by atoms with Gasteiger partial charge >= 0.3 is 0 Å². The number of hydrogen-bond donors (Lipinski definition) is 1. The van der Waals surface area contributed by atoms with Crippen LogP contribution in [0.25, 0.3) is 0 Å². The smallest absolute Gasteiger partial charge is 0.0698 e. The van der Waals surface area contributed by atoms with Crippen LogP contribution in [-0.2, 0) is 9.47 Å². The van der Waals surface area contributed by atoms with Gasteiger partial charge in [0.05, 0.1) is 12.7 Å². The molecule has 1 N–H and O–H groups in total. The van der Waals surface area contributed by atoms with E-state index in [1.54, 1.807) is 0 Å². The number of nitrogens with zero attached hydrogens (tertiary/aromatic N) is 1. The molecule has 4 nitrogen and oxygen atoms in total. The maximum Gasteiger partial charge on any atom is 0.0698 e. The largest absolute Gasteiger partial charge is 0.380 e. The first-order valence-electron chi connectivity index (χ1n) is 6.37. The normalized spacial score (nSPS) is 37.5. The van der Waals surface area contributed by atoms with Crippen LogP contribution in [0, 0.1) is 0 Å². The Bertz CT molecular complexity index is 213. The maximum absolute atomic E-state index is 5.61. The van der Waals surface area contributed by atoms with Crippen molar-refractivity contribution in [3.05, 3.63) is 0 Å². The van der Waals surface area contributed by atoms with E-state index in [-0.39, 0.29) is 0 Å². The van der Waals surface area contributed by atoms with Crippen LogP contribution in [0.5, 0.6) is 0 Å². The molecule has 2 aliphatic heterocycles. The van der Waals surface area contributed by atoms with Crippen LogP contribution in [0.2, 0.25) is 0 Å². The van der Waals surface area contributed by atoms with Crippen molar-refractivity contribution in [2.24, 2.45) is 0 Å². The quantitative estimate of drug-likeness (QED) is 0.761. The van der Waals surface area contributed by atoms with Crippen LogP contribution in [0.3, 0.4) is 0 Å². The molecule has 2 fully saturated rings. The second-order valence-corrected chi connectivity index (χ2v) is 4.82. The Hall–Kier alpha value is -0.160. The Balaban J connectivity index is 1.93. The molecule has 16 heavy (non-hydrogen) atoms. The molecule has 2 saturated heterocycles. The predicted molar refractivity (Wildman–Crippen MR) is 63.7 cm³/mol. The Kier molecular flexibility index (Phi) is 4.58. The fourth-order valence-corrected chi connectivity index (χ4v) is 2.88. The second kappa shape index (κ2) is 5.96. The number of hydrogen-bond acceptors (Lipinski definition) is 4.